The van der Waals surface area contributed by atoms with E-state index in [9.17, 15) is 0 Å². The Balaban J connectivity index is 1.68. The van der Waals surface area contributed by atoms with Gasteiger partial charge < -0.3 is 28.9 Å². The van der Waals surface area contributed by atoms with Gasteiger partial charge in [-0.25, -0.2) is 9.97 Å². The van der Waals surface area contributed by atoms with Crippen LogP contribution in [0.15, 0.2) is 97.1 Å². The second-order valence-electron chi connectivity index (χ2n) is 18.4. The number of aromatic amines is 2. The van der Waals surface area contributed by atoms with Gasteiger partial charge in [0.25, 0.3) is 0 Å². The van der Waals surface area contributed by atoms with Crippen molar-refractivity contribution in [3.63, 3.8) is 0 Å². The van der Waals surface area contributed by atoms with E-state index in [2.05, 4.69) is 162 Å². The Morgan fingerprint density at radius 1 is 0.292 bits per heavy atom. The first kappa shape index (κ1) is 49.7. The lowest BCUT2D eigenvalue weighted by Gasteiger charge is -2.12. The molecule has 8 nitrogen and oxygen atoms in total. The van der Waals surface area contributed by atoms with Crippen molar-refractivity contribution in [2.45, 2.75) is 107 Å². The molecular weight excluding hydrogens is 889 g/mol. The molecule has 0 radical (unpaired) electrons. The van der Waals surface area contributed by atoms with Gasteiger partial charge in [0, 0.05) is 22.3 Å². The Hall–Kier alpha value is -7.32. The van der Waals surface area contributed by atoms with Crippen molar-refractivity contribution < 1.29 is 18.9 Å². The molecule has 3 aromatic heterocycles. The number of hydrogen-bond acceptors (Lipinski definition) is 6. The summed E-state index contributed by atoms with van der Waals surface area (Å²) in [5.74, 6) is 3.22. The maximum Gasteiger partial charge on any atom is 0.118 e. The minimum Gasteiger partial charge on any atom is -0.497 e. The summed E-state index contributed by atoms with van der Waals surface area (Å²) >= 11 is 0. The number of rotatable bonds is 16. The summed E-state index contributed by atoms with van der Waals surface area (Å²) in [7, 11) is 6.91. The van der Waals surface area contributed by atoms with Crippen LogP contribution in [0.3, 0.4) is 0 Å². The summed E-state index contributed by atoms with van der Waals surface area (Å²) in [6.07, 6.45) is 6.43. The standard InChI is InChI=1S/C64H70N4O4/c1-13-45-46(14-2)58-54(38-23-31-42(70-10)32-24-38)60-49(17-5)50(18-6)62(67-60)56(40-27-35-44(72-12)36-28-40)64-52(20-8)51(19-7)63(68-64)55(39-25-33-43(71-11)34-26-39)61-48(16-4)47(15-3)59(66-61)53(57(45)65-58)37-21-29-41(69-9)30-22-37/h21-36,65,68H,13-20H2,1-12H3. The number of aryl methyl sites for hydroxylation is 4. The maximum absolute atomic E-state index is 6.04. The highest BCUT2D eigenvalue weighted by atomic mass is 16.5. The zero-order valence-corrected chi connectivity index (χ0v) is 44.4. The molecule has 2 aliphatic heterocycles. The van der Waals surface area contributed by atoms with E-state index in [1.807, 2.05) is 0 Å². The summed E-state index contributed by atoms with van der Waals surface area (Å²) in [5, 5.41) is 0. The number of aromatic nitrogens is 4. The summed E-state index contributed by atoms with van der Waals surface area (Å²) in [6.45, 7) is 18.3. The first-order chi connectivity index (χ1) is 35.2. The molecule has 4 aromatic carbocycles. The van der Waals surface area contributed by atoms with Crippen molar-refractivity contribution in [2.75, 3.05) is 28.4 Å². The molecule has 0 saturated carbocycles. The lowest BCUT2D eigenvalue weighted by atomic mass is 9.90. The number of nitrogens with zero attached hydrogens (tertiary/aromatic N) is 2. The first-order valence-corrected chi connectivity index (χ1v) is 26.1. The molecule has 72 heavy (non-hydrogen) atoms. The molecule has 0 aliphatic carbocycles. The van der Waals surface area contributed by atoms with Crippen molar-refractivity contribution in [1.29, 1.82) is 0 Å². The van der Waals surface area contributed by atoms with Gasteiger partial charge in [-0.15, -0.1) is 0 Å². The number of hydrogen-bond donors (Lipinski definition) is 2. The van der Waals surface area contributed by atoms with Crippen LogP contribution < -0.4 is 18.9 Å². The average molecular weight is 959 g/mol. The van der Waals surface area contributed by atoms with Gasteiger partial charge in [-0.1, -0.05) is 104 Å². The van der Waals surface area contributed by atoms with Crippen LogP contribution >= 0.6 is 0 Å². The number of nitrogens with one attached hydrogen (secondary N) is 2. The van der Waals surface area contributed by atoms with Crippen molar-refractivity contribution in [2.24, 2.45) is 0 Å². The second kappa shape index (κ2) is 21.2. The van der Waals surface area contributed by atoms with Gasteiger partial charge in [0.05, 0.1) is 73.3 Å². The van der Waals surface area contributed by atoms with E-state index >= 15 is 0 Å². The maximum atomic E-state index is 6.04. The second-order valence-corrected chi connectivity index (χ2v) is 18.4. The van der Waals surface area contributed by atoms with Crippen molar-refractivity contribution >= 4 is 44.4 Å². The van der Waals surface area contributed by atoms with E-state index in [0.717, 1.165) is 164 Å². The third kappa shape index (κ3) is 8.38. The molecule has 0 atom stereocenters. The highest BCUT2D eigenvalue weighted by Gasteiger charge is 2.32. The van der Waals surface area contributed by atoms with Gasteiger partial charge in [0.2, 0.25) is 0 Å². The van der Waals surface area contributed by atoms with E-state index in [4.69, 9.17) is 28.9 Å². The van der Waals surface area contributed by atoms with Crippen LogP contribution in [0, 0.1) is 0 Å². The molecule has 0 unspecified atom stereocenters. The average Bonchev–Trinajstić information content (AvgIpc) is 4.19. The summed E-state index contributed by atoms with van der Waals surface area (Å²) in [5.41, 5.74) is 27.0. The predicted molar refractivity (Wildman–Crippen MR) is 301 cm³/mol. The SMILES string of the molecule is CCC1=C(CC)c2nc1c(-c1ccc(OC)cc1)c1[nH]c(c(CC)c1CC)c(-c1ccc(OC)cc1)c1nc(c(-c3ccc(OC)cc3)c3[nH]c(c(CC)c3CC)c2-c2ccc(OC)cc2)C(CC)=C1CC. The fourth-order valence-corrected chi connectivity index (χ4v) is 11.6. The smallest absolute Gasteiger partial charge is 0.118 e. The minimum atomic E-state index is 0.797. The number of ether oxygens (including phenoxy) is 4. The van der Waals surface area contributed by atoms with Crippen LogP contribution in [-0.2, 0) is 25.7 Å². The highest BCUT2D eigenvalue weighted by Crippen LogP contribution is 2.50. The Morgan fingerprint density at radius 3 is 0.639 bits per heavy atom. The highest BCUT2D eigenvalue weighted by molar-refractivity contribution is 6.09. The molecule has 2 aliphatic rings. The molecule has 8 bridgehead atoms. The van der Waals surface area contributed by atoms with Crippen LogP contribution in [0.1, 0.15) is 126 Å². The van der Waals surface area contributed by atoms with Crippen LogP contribution in [0.4, 0.5) is 0 Å². The number of methoxy groups -OCH3 is 4. The van der Waals surface area contributed by atoms with Crippen LogP contribution in [0.25, 0.3) is 88.9 Å². The minimum absolute atomic E-state index is 0.797. The van der Waals surface area contributed by atoms with Crippen molar-refractivity contribution in [3.05, 3.63) is 142 Å². The van der Waals surface area contributed by atoms with Crippen LogP contribution in [-0.4, -0.2) is 48.4 Å². The third-order valence-electron chi connectivity index (χ3n) is 15.0. The van der Waals surface area contributed by atoms with Crippen molar-refractivity contribution in [1.82, 2.24) is 19.9 Å². The van der Waals surface area contributed by atoms with E-state index in [1.54, 1.807) is 28.4 Å². The van der Waals surface area contributed by atoms with Gasteiger partial charge >= 0.3 is 0 Å². The number of H-pyrrole nitrogens is 2. The Labute approximate surface area is 426 Å². The normalized spacial score (nSPS) is 12.5. The lowest BCUT2D eigenvalue weighted by Crippen LogP contribution is -1.94. The lowest BCUT2D eigenvalue weighted by molar-refractivity contribution is 0.415. The Morgan fingerprint density at radius 2 is 0.486 bits per heavy atom. The first-order valence-electron chi connectivity index (χ1n) is 26.1. The van der Waals surface area contributed by atoms with E-state index < -0.39 is 0 Å². The molecule has 9 rings (SSSR count). The molecule has 5 heterocycles. The molecule has 0 amide bonds. The topological polar surface area (TPSA) is 94.3 Å². The van der Waals surface area contributed by atoms with Crippen molar-refractivity contribution in [3.8, 4) is 67.5 Å². The van der Waals surface area contributed by atoms with Gasteiger partial charge in [-0.05, 0) is 167 Å². The largest absolute Gasteiger partial charge is 0.497 e. The number of allylic oxidation sites excluding steroid dienone is 4. The van der Waals surface area contributed by atoms with E-state index in [-0.39, 0.29) is 0 Å². The molecular formula is C64H70N4O4. The van der Waals surface area contributed by atoms with E-state index in [1.165, 1.54) is 44.5 Å². The van der Waals surface area contributed by atoms with Gasteiger partial charge in [0.1, 0.15) is 23.0 Å². The fraction of sp³-hybridized carbons (Fsp3) is 0.312. The van der Waals surface area contributed by atoms with Gasteiger partial charge in [-0.2, -0.15) is 0 Å². The van der Waals surface area contributed by atoms with E-state index in [0.29, 0.717) is 0 Å². The van der Waals surface area contributed by atoms with Crippen LogP contribution in [0.5, 0.6) is 23.0 Å². The molecule has 2 N–H and O–H groups in total. The zero-order chi connectivity index (χ0) is 50.8. The van der Waals surface area contributed by atoms with Gasteiger partial charge in [0.15, 0.2) is 0 Å². The van der Waals surface area contributed by atoms with Crippen LogP contribution in [0.2, 0.25) is 0 Å². The molecule has 0 fully saturated rings. The van der Waals surface area contributed by atoms with Gasteiger partial charge in [-0.3, -0.25) is 0 Å². The molecule has 8 heteroatoms. The summed E-state index contributed by atoms with van der Waals surface area (Å²) < 4.78 is 23.1. The Kier molecular flexibility index (Phi) is 14.6. The molecule has 0 saturated heterocycles. The predicted octanol–water partition coefficient (Wildman–Crippen LogP) is 16.7. The zero-order valence-electron chi connectivity index (χ0n) is 44.4. The molecule has 0 spiro atoms. The molecule has 370 valence electrons. The quantitative estimate of drug-likeness (QED) is 0.100. The number of benzene rings is 4. The monoisotopic (exact) mass is 959 g/mol. The molecule has 7 aromatic rings. The number of fused-ring (bicyclic) bond motifs is 8. The third-order valence-corrected chi connectivity index (χ3v) is 15.0. The fourth-order valence-electron chi connectivity index (χ4n) is 11.6. The summed E-state index contributed by atoms with van der Waals surface area (Å²) in [6, 6.07) is 34.2. The Bertz CT molecular complexity index is 2940. The summed E-state index contributed by atoms with van der Waals surface area (Å²) in [4.78, 5) is 20.6.